The molecule has 3 aromatic carbocycles. The second-order valence-corrected chi connectivity index (χ2v) is 7.30. The Morgan fingerprint density at radius 2 is 1.77 bits per heavy atom. The van der Waals surface area contributed by atoms with Gasteiger partial charge in [-0.2, -0.15) is 0 Å². The Kier molecular flexibility index (Phi) is 5.65. The summed E-state index contributed by atoms with van der Waals surface area (Å²) in [6.07, 6.45) is 1.67. The summed E-state index contributed by atoms with van der Waals surface area (Å²) in [5.41, 5.74) is 1.99. The van der Waals surface area contributed by atoms with E-state index in [4.69, 9.17) is 23.2 Å². The van der Waals surface area contributed by atoms with Crippen LogP contribution in [0.15, 0.2) is 77.6 Å². The number of carbonyl (C=O) groups is 1. The molecule has 4 aromatic rings. The Bertz CT molecular complexity index is 1350. The van der Waals surface area contributed by atoms with Gasteiger partial charge in [-0.3, -0.25) is 9.59 Å². The van der Waals surface area contributed by atoms with Crippen LogP contribution in [0.3, 0.4) is 0 Å². The van der Waals surface area contributed by atoms with Crippen LogP contribution in [0, 0.1) is 0 Å². The largest absolute Gasteiger partial charge is 0.322 e. The zero-order valence-electron chi connectivity index (χ0n) is 15.5. The van der Waals surface area contributed by atoms with Crippen LogP contribution in [0.2, 0.25) is 5.02 Å². The molecule has 0 aliphatic heterocycles. The molecule has 7 heteroatoms. The minimum atomic E-state index is -0.312. The van der Waals surface area contributed by atoms with Crippen LogP contribution < -0.4 is 10.9 Å². The van der Waals surface area contributed by atoms with E-state index in [1.807, 2.05) is 6.07 Å². The Balaban J connectivity index is 1.61. The molecule has 1 heterocycles. The quantitative estimate of drug-likeness (QED) is 0.440. The van der Waals surface area contributed by atoms with Crippen molar-refractivity contribution in [3.8, 4) is 0 Å². The van der Waals surface area contributed by atoms with Gasteiger partial charge in [-0.05, 0) is 48.0 Å². The predicted molar refractivity (Wildman–Crippen MR) is 122 cm³/mol. The van der Waals surface area contributed by atoms with Gasteiger partial charge in [0.15, 0.2) is 5.82 Å². The molecule has 0 bridgehead atoms. The van der Waals surface area contributed by atoms with E-state index in [1.165, 1.54) is 0 Å². The lowest BCUT2D eigenvalue weighted by molar-refractivity contribution is 0.102. The lowest BCUT2D eigenvalue weighted by Gasteiger charge is -2.08. The number of anilines is 1. The van der Waals surface area contributed by atoms with E-state index in [9.17, 15) is 9.59 Å². The molecular weight excluding hydrogens is 421 g/mol. The number of amides is 1. The zero-order valence-corrected chi connectivity index (χ0v) is 17.0. The summed E-state index contributed by atoms with van der Waals surface area (Å²) >= 11 is 12.5. The number of fused-ring (bicyclic) bond motifs is 1. The summed E-state index contributed by atoms with van der Waals surface area (Å²) in [6.45, 7) is 0. The first-order valence-corrected chi connectivity index (χ1v) is 9.79. The Labute approximate surface area is 182 Å². The summed E-state index contributed by atoms with van der Waals surface area (Å²) in [4.78, 5) is 31.8. The Hall–Kier alpha value is -3.41. The van der Waals surface area contributed by atoms with Gasteiger partial charge in [0, 0.05) is 5.69 Å². The molecule has 0 spiro atoms. The standard InChI is InChI=1S/C23H15Cl2N3O2/c24-18-10-3-1-8-16(18)22(29)26-15-7-5-6-14(12-15)13-19(25)21-27-20-11-4-2-9-17(20)23(30)28-21/h1-13H,(H,26,29)(H,27,28,30)/b19-13-. The topological polar surface area (TPSA) is 74.8 Å². The van der Waals surface area contributed by atoms with Crippen molar-refractivity contribution >= 4 is 56.8 Å². The Morgan fingerprint density at radius 1 is 1.00 bits per heavy atom. The number of nitrogens with one attached hydrogen (secondary N) is 2. The molecule has 0 fully saturated rings. The highest BCUT2D eigenvalue weighted by Gasteiger charge is 2.10. The number of rotatable bonds is 4. The van der Waals surface area contributed by atoms with Crippen LogP contribution >= 0.6 is 23.2 Å². The van der Waals surface area contributed by atoms with Crippen molar-refractivity contribution < 1.29 is 4.79 Å². The van der Waals surface area contributed by atoms with Crippen molar-refractivity contribution in [1.82, 2.24) is 9.97 Å². The molecule has 148 valence electrons. The number of hydrogen-bond acceptors (Lipinski definition) is 3. The van der Waals surface area contributed by atoms with Gasteiger partial charge in [-0.25, -0.2) is 4.98 Å². The van der Waals surface area contributed by atoms with Crippen LogP contribution in [0.5, 0.6) is 0 Å². The number of halogens is 2. The molecule has 0 unspecified atom stereocenters. The molecule has 0 atom stereocenters. The minimum Gasteiger partial charge on any atom is -0.322 e. The fourth-order valence-electron chi connectivity index (χ4n) is 2.96. The maximum absolute atomic E-state index is 12.5. The average molecular weight is 436 g/mol. The number of para-hydroxylation sites is 1. The van der Waals surface area contributed by atoms with E-state index in [-0.39, 0.29) is 22.3 Å². The molecule has 0 aliphatic carbocycles. The normalized spacial score (nSPS) is 11.5. The van der Waals surface area contributed by atoms with Gasteiger partial charge in [-0.1, -0.05) is 59.6 Å². The molecule has 0 saturated carbocycles. The predicted octanol–water partition coefficient (Wildman–Crippen LogP) is 5.57. The van der Waals surface area contributed by atoms with Crippen LogP contribution in [0.4, 0.5) is 5.69 Å². The van der Waals surface area contributed by atoms with Crippen LogP contribution in [-0.2, 0) is 0 Å². The summed E-state index contributed by atoms with van der Waals surface area (Å²) in [7, 11) is 0. The molecule has 2 N–H and O–H groups in total. The SMILES string of the molecule is O=C(Nc1cccc(/C=C(\Cl)c2nc3ccccc3c(=O)[nH]2)c1)c1ccccc1Cl. The molecule has 0 saturated heterocycles. The molecule has 30 heavy (non-hydrogen) atoms. The molecule has 0 radical (unpaired) electrons. The van der Waals surface area contributed by atoms with E-state index < -0.39 is 0 Å². The fraction of sp³-hybridized carbons (Fsp3) is 0. The average Bonchev–Trinajstić information content (AvgIpc) is 2.74. The maximum Gasteiger partial charge on any atom is 0.259 e. The summed E-state index contributed by atoms with van der Waals surface area (Å²) in [6, 6.07) is 21.0. The van der Waals surface area contributed by atoms with Gasteiger partial charge in [0.05, 0.1) is 26.5 Å². The van der Waals surface area contributed by atoms with Crippen molar-refractivity contribution in [1.29, 1.82) is 0 Å². The van der Waals surface area contributed by atoms with Crippen molar-refractivity contribution in [3.05, 3.63) is 105 Å². The van der Waals surface area contributed by atoms with Gasteiger partial charge >= 0.3 is 0 Å². The van der Waals surface area contributed by atoms with E-state index in [0.29, 0.717) is 27.2 Å². The highest BCUT2D eigenvalue weighted by Crippen LogP contribution is 2.22. The molecule has 0 aliphatic rings. The van der Waals surface area contributed by atoms with Crippen molar-refractivity contribution in [3.63, 3.8) is 0 Å². The summed E-state index contributed by atoms with van der Waals surface area (Å²) in [5, 5.41) is 3.96. The number of hydrogen-bond donors (Lipinski definition) is 2. The fourth-order valence-corrected chi connectivity index (χ4v) is 3.40. The Morgan fingerprint density at radius 3 is 2.60 bits per heavy atom. The minimum absolute atomic E-state index is 0.261. The smallest absolute Gasteiger partial charge is 0.259 e. The number of benzene rings is 3. The number of aromatic amines is 1. The first-order chi connectivity index (χ1) is 14.5. The van der Waals surface area contributed by atoms with Gasteiger partial charge in [0.2, 0.25) is 0 Å². The monoisotopic (exact) mass is 435 g/mol. The van der Waals surface area contributed by atoms with Crippen molar-refractivity contribution in [2.75, 3.05) is 5.32 Å². The third-order valence-corrected chi connectivity index (χ3v) is 5.01. The number of H-pyrrole nitrogens is 1. The molecular formula is C23H15Cl2N3O2. The van der Waals surface area contributed by atoms with Crippen molar-refractivity contribution in [2.45, 2.75) is 0 Å². The molecule has 1 aromatic heterocycles. The second-order valence-electron chi connectivity index (χ2n) is 6.48. The third kappa shape index (κ3) is 4.27. The highest BCUT2D eigenvalue weighted by molar-refractivity contribution is 6.50. The van der Waals surface area contributed by atoms with Gasteiger partial charge in [-0.15, -0.1) is 0 Å². The summed E-state index contributed by atoms with van der Waals surface area (Å²) < 4.78 is 0. The second kappa shape index (κ2) is 8.53. The van der Waals surface area contributed by atoms with Crippen molar-refractivity contribution in [2.24, 2.45) is 0 Å². The third-order valence-electron chi connectivity index (χ3n) is 4.40. The van der Waals surface area contributed by atoms with Crippen LogP contribution in [0.25, 0.3) is 22.0 Å². The van der Waals surface area contributed by atoms with Gasteiger partial charge in [0.1, 0.15) is 0 Å². The lowest BCUT2D eigenvalue weighted by Crippen LogP contribution is -2.12. The number of carbonyl (C=O) groups excluding carboxylic acids is 1. The molecule has 1 amide bonds. The number of aromatic nitrogens is 2. The molecule has 4 rings (SSSR count). The first-order valence-electron chi connectivity index (χ1n) is 9.04. The zero-order chi connectivity index (χ0) is 21.1. The van der Waals surface area contributed by atoms with E-state index in [1.54, 1.807) is 72.8 Å². The van der Waals surface area contributed by atoms with E-state index in [0.717, 1.165) is 5.56 Å². The maximum atomic E-state index is 12.5. The first kappa shape index (κ1) is 19.9. The summed E-state index contributed by atoms with van der Waals surface area (Å²) in [5.74, 6) is -0.0424. The lowest BCUT2D eigenvalue weighted by atomic mass is 10.1. The molecule has 5 nitrogen and oxygen atoms in total. The van der Waals surface area contributed by atoms with E-state index >= 15 is 0 Å². The highest BCUT2D eigenvalue weighted by atomic mass is 35.5. The van der Waals surface area contributed by atoms with Crippen LogP contribution in [0.1, 0.15) is 21.7 Å². The van der Waals surface area contributed by atoms with Crippen LogP contribution in [-0.4, -0.2) is 15.9 Å². The van der Waals surface area contributed by atoms with Gasteiger partial charge < -0.3 is 10.3 Å². The number of nitrogens with zero attached hydrogens (tertiary/aromatic N) is 1. The van der Waals surface area contributed by atoms with Gasteiger partial charge in [0.25, 0.3) is 11.5 Å². The van der Waals surface area contributed by atoms with E-state index in [2.05, 4.69) is 15.3 Å².